The van der Waals surface area contributed by atoms with Gasteiger partial charge in [0.25, 0.3) is 0 Å². The molecule has 0 amide bonds. The van der Waals surface area contributed by atoms with E-state index in [1.807, 2.05) is 41.2 Å². The highest BCUT2D eigenvalue weighted by Crippen LogP contribution is 2.08. The van der Waals surface area contributed by atoms with Crippen LogP contribution < -0.4 is 5.32 Å². The summed E-state index contributed by atoms with van der Waals surface area (Å²) in [5, 5.41) is 19.9. The molecular weight excluding hydrogens is 302 g/mol. The van der Waals surface area contributed by atoms with Gasteiger partial charge in [0.1, 0.15) is 0 Å². The lowest BCUT2D eigenvalue weighted by Crippen LogP contribution is -2.31. The van der Waals surface area contributed by atoms with Gasteiger partial charge in [-0.1, -0.05) is 18.2 Å². The average molecular weight is 325 g/mol. The molecule has 0 aliphatic rings. The molecule has 0 saturated carbocycles. The lowest BCUT2D eigenvalue weighted by atomic mass is 10.2. The van der Waals surface area contributed by atoms with Crippen molar-refractivity contribution in [1.29, 1.82) is 0 Å². The van der Waals surface area contributed by atoms with Gasteiger partial charge in [0.2, 0.25) is 0 Å². The molecule has 3 rings (SSSR count). The van der Waals surface area contributed by atoms with Crippen molar-refractivity contribution in [2.45, 2.75) is 39.3 Å². The molecule has 1 N–H and O–H groups in total. The second kappa shape index (κ2) is 7.83. The number of nitrogens with one attached hydrogen (secondary N) is 1. The second-order valence-corrected chi connectivity index (χ2v) is 6.04. The molecule has 0 saturated heterocycles. The molecule has 0 bridgehead atoms. The summed E-state index contributed by atoms with van der Waals surface area (Å²) in [5.74, 6) is 0.887. The molecule has 0 aliphatic carbocycles. The summed E-state index contributed by atoms with van der Waals surface area (Å²) in [6.07, 6.45) is 5.76. The zero-order valence-electron chi connectivity index (χ0n) is 14.1. The highest BCUT2D eigenvalue weighted by molar-refractivity contribution is 5.30. The maximum absolute atomic E-state index is 4.32. The van der Waals surface area contributed by atoms with Crippen LogP contribution in [-0.4, -0.2) is 42.6 Å². The van der Waals surface area contributed by atoms with Crippen molar-refractivity contribution >= 4 is 0 Å². The predicted octanol–water partition coefficient (Wildman–Crippen LogP) is 1.78. The number of rotatable bonds is 8. The van der Waals surface area contributed by atoms with Crippen molar-refractivity contribution in [2.75, 3.05) is 6.54 Å². The summed E-state index contributed by atoms with van der Waals surface area (Å²) in [7, 11) is 0. The number of hydrogen-bond donors (Lipinski definition) is 1. The molecule has 2 heterocycles. The molecule has 0 aliphatic heterocycles. The first-order valence-electron chi connectivity index (χ1n) is 8.27. The molecule has 126 valence electrons. The van der Waals surface area contributed by atoms with Gasteiger partial charge < -0.3 is 5.32 Å². The maximum Gasteiger partial charge on any atom is 0.156 e. The number of aromatic nitrogens is 6. The van der Waals surface area contributed by atoms with Crippen molar-refractivity contribution in [1.82, 2.24) is 35.3 Å². The number of tetrazole rings is 1. The number of aryl methyl sites for hydroxylation is 2. The summed E-state index contributed by atoms with van der Waals surface area (Å²) in [6.45, 7) is 6.02. The first-order valence-corrected chi connectivity index (χ1v) is 8.27. The Kier molecular flexibility index (Phi) is 5.32. The Morgan fingerprint density at radius 3 is 2.79 bits per heavy atom. The van der Waals surface area contributed by atoms with E-state index in [1.54, 1.807) is 4.68 Å². The Hall–Kier alpha value is -2.54. The van der Waals surface area contributed by atoms with Gasteiger partial charge in [-0.15, -0.1) is 5.10 Å². The molecular formula is C17H23N7. The third kappa shape index (κ3) is 4.26. The van der Waals surface area contributed by atoms with Crippen LogP contribution in [0, 0.1) is 6.92 Å². The molecule has 3 aromatic rings. The molecule has 7 nitrogen and oxygen atoms in total. The van der Waals surface area contributed by atoms with Gasteiger partial charge in [-0.3, -0.25) is 4.68 Å². The topological polar surface area (TPSA) is 73.5 Å². The third-order valence-corrected chi connectivity index (χ3v) is 3.83. The van der Waals surface area contributed by atoms with E-state index in [1.165, 1.54) is 5.56 Å². The first-order chi connectivity index (χ1) is 11.7. The van der Waals surface area contributed by atoms with Crippen LogP contribution in [0.5, 0.6) is 0 Å². The van der Waals surface area contributed by atoms with Gasteiger partial charge in [-0.2, -0.15) is 9.78 Å². The summed E-state index contributed by atoms with van der Waals surface area (Å²) in [4.78, 5) is 0. The Labute approximate surface area is 141 Å². The Morgan fingerprint density at radius 1 is 1.21 bits per heavy atom. The van der Waals surface area contributed by atoms with E-state index in [2.05, 4.69) is 46.0 Å². The molecule has 2 aromatic heterocycles. The lowest BCUT2D eigenvalue weighted by molar-refractivity contribution is 0.447. The summed E-state index contributed by atoms with van der Waals surface area (Å²) in [5.41, 5.74) is 2.18. The van der Waals surface area contributed by atoms with E-state index < -0.39 is 0 Å². The normalized spacial score (nSPS) is 12.4. The minimum Gasteiger partial charge on any atom is -0.312 e. The van der Waals surface area contributed by atoms with Crippen molar-refractivity contribution in [3.63, 3.8) is 0 Å². The molecule has 1 aromatic carbocycles. The Bertz CT molecular complexity index is 747. The van der Waals surface area contributed by atoms with Crippen LogP contribution in [0.4, 0.5) is 0 Å². The van der Waals surface area contributed by atoms with Gasteiger partial charge in [0.05, 0.1) is 18.4 Å². The van der Waals surface area contributed by atoms with Gasteiger partial charge in [0, 0.05) is 18.7 Å². The zero-order valence-corrected chi connectivity index (χ0v) is 14.1. The fourth-order valence-electron chi connectivity index (χ4n) is 2.64. The van der Waals surface area contributed by atoms with Crippen LogP contribution in [0.1, 0.15) is 24.7 Å². The monoisotopic (exact) mass is 325 g/mol. The predicted molar refractivity (Wildman–Crippen MR) is 91.9 cm³/mol. The average Bonchev–Trinajstić information content (AvgIpc) is 3.21. The highest BCUT2D eigenvalue weighted by Gasteiger charge is 2.08. The van der Waals surface area contributed by atoms with Crippen molar-refractivity contribution in [2.24, 2.45) is 0 Å². The van der Waals surface area contributed by atoms with Crippen molar-refractivity contribution in [3.8, 4) is 5.69 Å². The van der Waals surface area contributed by atoms with Gasteiger partial charge in [0.15, 0.2) is 5.82 Å². The molecule has 7 heteroatoms. The largest absolute Gasteiger partial charge is 0.312 e. The molecule has 24 heavy (non-hydrogen) atoms. The standard InChI is InChI=1S/C17H23N7/c1-14-11-19-23(12-14)13-15(2)18-10-6-9-17-20-21-22-24(17)16-7-4-3-5-8-16/h3-5,7-8,11-12,15,18H,6,9-10,13H2,1-2H3. The fraction of sp³-hybridized carbons (Fsp3) is 0.412. The van der Waals surface area contributed by atoms with Crippen LogP contribution in [0.25, 0.3) is 5.69 Å². The Morgan fingerprint density at radius 2 is 2.04 bits per heavy atom. The Balaban J connectivity index is 1.45. The lowest BCUT2D eigenvalue weighted by Gasteiger charge is -2.13. The van der Waals surface area contributed by atoms with E-state index in [4.69, 9.17) is 0 Å². The number of para-hydroxylation sites is 1. The zero-order chi connectivity index (χ0) is 16.8. The van der Waals surface area contributed by atoms with E-state index in [-0.39, 0.29) is 0 Å². The SMILES string of the molecule is Cc1cnn(CC(C)NCCCc2nnnn2-c2ccccc2)c1. The molecule has 1 unspecified atom stereocenters. The molecule has 1 atom stereocenters. The first kappa shape index (κ1) is 16.3. The minimum absolute atomic E-state index is 0.370. The third-order valence-electron chi connectivity index (χ3n) is 3.83. The quantitative estimate of drug-likeness (QED) is 0.639. The van der Waals surface area contributed by atoms with Gasteiger partial charge >= 0.3 is 0 Å². The van der Waals surface area contributed by atoms with Gasteiger partial charge in [-0.25, -0.2) is 0 Å². The van der Waals surface area contributed by atoms with E-state index >= 15 is 0 Å². The van der Waals surface area contributed by atoms with Crippen LogP contribution in [0.3, 0.4) is 0 Å². The van der Waals surface area contributed by atoms with Crippen LogP contribution in [0.2, 0.25) is 0 Å². The van der Waals surface area contributed by atoms with Crippen LogP contribution in [0.15, 0.2) is 42.7 Å². The molecule has 0 spiro atoms. The highest BCUT2D eigenvalue weighted by atomic mass is 15.5. The summed E-state index contributed by atoms with van der Waals surface area (Å²) < 4.78 is 3.78. The minimum atomic E-state index is 0.370. The van der Waals surface area contributed by atoms with Gasteiger partial charge in [-0.05, 0) is 54.9 Å². The molecule has 0 fully saturated rings. The van der Waals surface area contributed by atoms with Crippen molar-refractivity contribution in [3.05, 3.63) is 54.1 Å². The number of hydrogen-bond acceptors (Lipinski definition) is 5. The van der Waals surface area contributed by atoms with Crippen molar-refractivity contribution < 1.29 is 0 Å². The number of nitrogens with zero attached hydrogens (tertiary/aromatic N) is 6. The van der Waals surface area contributed by atoms with E-state index in [0.29, 0.717) is 6.04 Å². The summed E-state index contributed by atoms with van der Waals surface area (Å²) in [6, 6.07) is 10.3. The molecule has 0 radical (unpaired) electrons. The number of benzene rings is 1. The smallest absolute Gasteiger partial charge is 0.156 e. The van der Waals surface area contributed by atoms with Crippen LogP contribution in [-0.2, 0) is 13.0 Å². The van der Waals surface area contributed by atoms with E-state index in [0.717, 1.165) is 37.4 Å². The maximum atomic E-state index is 4.32. The summed E-state index contributed by atoms with van der Waals surface area (Å²) >= 11 is 0. The van der Waals surface area contributed by atoms with Crippen LogP contribution >= 0.6 is 0 Å². The van der Waals surface area contributed by atoms with E-state index in [9.17, 15) is 0 Å². The fourth-order valence-corrected chi connectivity index (χ4v) is 2.64. The second-order valence-electron chi connectivity index (χ2n) is 6.04.